The molecule has 0 unspecified atom stereocenters. The van der Waals surface area contributed by atoms with E-state index in [1.54, 1.807) is 6.20 Å². The highest BCUT2D eigenvalue weighted by molar-refractivity contribution is 5.94. The van der Waals surface area contributed by atoms with Crippen LogP contribution in [0.1, 0.15) is 0 Å². The number of H-pyrrole nitrogens is 1. The van der Waals surface area contributed by atoms with Gasteiger partial charge < -0.3 is 5.32 Å². The van der Waals surface area contributed by atoms with E-state index in [-0.39, 0.29) is 0 Å². The Morgan fingerprint density at radius 2 is 2.18 bits per heavy atom. The van der Waals surface area contributed by atoms with Crippen molar-refractivity contribution in [2.75, 3.05) is 12.4 Å². The molecule has 2 heterocycles. The maximum atomic E-state index is 4.22. The molecule has 2 aromatic heterocycles. The van der Waals surface area contributed by atoms with Crippen LogP contribution in [0, 0.1) is 0 Å². The molecule has 0 saturated heterocycles. The third-order valence-corrected chi connectivity index (χ3v) is 2.81. The van der Waals surface area contributed by atoms with E-state index in [1.807, 2.05) is 37.5 Å². The number of fused-ring (bicyclic) bond motifs is 1. The Labute approximate surface area is 98.7 Å². The zero-order chi connectivity index (χ0) is 11.7. The Hall–Kier alpha value is -2.36. The molecule has 0 amide bonds. The summed E-state index contributed by atoms with van der Waals surface area (Å²) in [4.78, 5) is 4.22. The van der Waals surface area contributed by atoms with Gasteiger partial charge in [-0.15, -0.1) is 0 Å². The fourth-order valence-electron chi connectivity index (χ4n) is 1.95. The predicted molar refractivity (Wildman–Crippen MR) is 68.9 cm³/mol. The smallest absolute Gasteiger partial charge is 0.126 e. The highest BCUT2D eigenvalue weighted by atomic mass is 15.1. The van der Waals surface area contributed by atoms with Crippen molar-refractivity contribution in [1.29, 1.82) is 0 Å². The first-order chi connectivity index (χ1) is 8.38. The predicted octanol–water partition coefficient (Wildman–Crippen LogP) is 2.67. The summed E-state index contributed by atoms with van der Waals surface area (Å²) < 4.78 is 0. The molecule has 0 aliphatic heterocycles. The molecule has 1 aromatic carbocycles. The van der Waals surface area contributed by atoms with Gasteiger partial charge in [0.05, 0.1) is 11.7 Å². The van der Waals surface area contributed by atoms with Crippen LogP contribution in [0.4, 0.5) is 5.82 Å². The molecule has 17 heavy (non-hydrogen) atoms. The lowest BCUT2D eigenvalue weighted by atomic mass is 10.0. The molecule has 0 spiro atoms. The van der Waals surface area contributed by atoms with Gasteiger partial charge in [0, 0.05) is 18.6 Å². The van der Waals surface area contributed by atoms with E-state index in [1.165, 1.54) is 0 Å². The molecule has 0 atom stereocenters. The molecule has 4 heteroatoms. The van der Waals surface area contributed by atoms with Gasteiger partial charge in [0.25, 0.3) is 0 Å². The number of nitrogens with zero attached hydrogens (tertiary/aromatic N) is 2. The lowest BCUT2D eigenvalue weighted by molar-refractivity contribution is 1.12. The normalized spacial score (nSPS) is 10.6. The Morgan fingerprint density at radius 3 is 3.06 bits per heavy atom. The first-order valence-corrected chi connectivity index (χ1v) is 5.45. The van der Waals surface area contributed by atoms with E-state index < -0.39 is 0 Å². The molecule has 4 nitrogen and oxygen atoms in total. The quantitative estimate of drug-likeness (QED) is 0.703. The first kappa shape index (κ1) is 9.84. The largest absolute Gasteiger partial charge is 0.373 e. The van der Waals surface area contributed by atoms with E-state index >= 15 is 0 Å². The average Bonchev–Trinajstić information content (AvgIpc) is 2.87. The van der Waals surface area contributed by atoms with Crippen molar-refractivity contribution in [2.45, 2.75) is 0 Å². The fraction of sp³-hybridized carbons (Fsp3) is 0.0769. The van der Waals surface area contributed by atoms with Gasteiger partial charge in [-0.2, -0.15) is 5.10 Å². The van der Waals surface area contributed by atoms with Gasteiger partial charge in [-0.1, -0.05) is 12.1 Å². The second kappa shape index (κ2) is 3.90. The van der Waals surface area contributed by atoms with Gasteiger partial charge in [0.2, 0.25) is 0 Å². The van der Waals surface area contributed by atoms with Gasteiger partial charge in [-0.05, 0) is 29.3 Å². The molecule has 2 N–H and O–H groups in total. The van der Waals surface area contributed by atoms with Crippen LogP contribution >= 0.6 is 0 Å². The summed E-state index contributed by atoms with van der Waals surface area (Å²) in [6, 6.07) is 10.2. The average molecular weight is 224 g/mol. The molecule has 0 bridgehead atoms. The number of aromatic amines is 1. The summed E-state index contributed by atoms with van der Waals surface area (Å²) in [5.74, 6) is 0.864. The van der Waals surface area contributed by atoms with Crippen molar-refractivity contribution in [3.05, 3.63) is 42.7 Å². The van der Waals surface area contributed by atoms with Crippen molar-refractivity contribution >= 4 is 16.7 Å². The van der Waals surface area contributed by atoms with Crippen molar-refractivity contribution in [1.82, 2.24) is 15.2 Å². The Bertz CT molecular complexity index is 657. The van der Waals surface area contributed by atoms with Crippen LogP contribution in [-0.2, 0) is 0 Å². The topological polar surface area (TPSA) is 53.6 Å². The number of anilines is 1. The highest BCUT2D eigenvalue weighted by Crippen LogP contribution is 2.28. The SMILES string of the molecule is CNc1cc(-c2cccc3[nH]ncc23)ccn1. The summed E-state index contributed by atoms with van der Waals surface area (Å²) in [5.41, 5.74) is 3.34. The maximum Gasteiger partial charge on any atom is 0.126 e. The lowest BCUT2D eigenvalue weighted by Gasteiger charge is -2.05. The van der Waals surface area contributed by atoms with Crippen molar-refractivity contribution in [3.8, 4) is 11.1 Å². The summed E-state index contributed by atoms with van der Waals surface area (Å²) in [6.07, 6.45) is 3.66. The second-order valence-electron chi connectivity index (χ2n) is 3.82. The highest BCUT2D eigenvalue weighted by Gasteiger charge is 2.05. The Morgan fingerprint density at radius 1 is 1.24 bits per heavy atom. The van der Waals surface area contributed by atoms with Crippen LogP contribution in [-0.4, -0.2) is 22.2 Å². The summed E-state index contributed by atoms with van der Waals surface area (Å²) in [6.45, 7) is 0. The number of nitrogens with one attached hydrogen (secondary N) is 2. The minimum absolute atomic E-state index is 0.864. The molecule has 0 radical (unpaired) electrons. The molecule has 0 fully saturated rings. The van der Waals surface area contributed by atoms with Crippen LogP contribution in [0.5, 0.6) is 0 Å². The first-order valence-electron chi connectivity index (χ1n) is 5.45. The van der Waals surface area contributed by atoms with Crippen molar-refractivity contribution in [2.24, 2.45) is 0 Å². The van der Waals surface area contributed by atoms with Crippen LogP contribution < -0.4 is 5.32 Å². The zero-order valence-corrected chi connectivity index (χ0v) is 9.44. The number of hydrogen-bond donors (Lipinski definition) is 2. The fourth-order valence-corrected chi connectivity index (χ4v) is 1.95. The van der Waals surface area contributed by atoms with Crippen molar-refractivity contribution in [3.63, 3.8) is 0 Å². The minimum Gasteiger partial charge on any atom is -0.373 e. The van der Waals surface area contributed by atoms with E-state index in [0.717, 1.165) is 27.8 Å². The number of pyridine rings is 1. The molecule has 84 valence electrons. The number of hydrogen-bond acceptors (Lipinski definition) is 3. The van der Waals surface area contributed by atoms with Gasteiger partial charge in [0.15, 0.2) is 0 Å². The van der Waals surface area contributed by atoms with Gasteiger partial charge >= 0.3 is 0 Å². The molecular weight excluding hydrogens is 212 g/mol. The minimum atomic E-state index is 0.864. The van der Waals surface area contributed by atoms with E-state index in [4.69, 9.17) is 0 Å². The second-order valence-corrected chi connectivity index (χ2v) is 3.82. The Balaban J connectivity index is 2.23. The van der Waals surface area contributed by atoms with Crippen LogP contribution in [0.3, 0.4) is 0 Å². The monoisotopic (exact) mass is 224 g/mol. The maximum absolute atomic E-state index is 4.22. The molecule has 0 saturated carbocycles. The Kier molecular flexibility index (Phi) is 2.26. The van der Waals surface area contributed by atoms with Gasteiger partial charge in [-0.25, -0.2) is 4.98 Å². The third-order valence-electron chi connectivity index (χ3n) is 2.81. The number of benzene rings is 1. The standard InChI is InChI=1S/C13H12N4/c1-14-13-7-9(5-6-15-13)10-3-2-4-12-11(10)8-16-17-12/h2-8H,1H3,(H,14,15)(H,16,17). The zero-order valence-electron chi connectivity index (χ0n) is 9.44. The van der Waals surface area contributed by atoms with Crippen LogP contribution in [0.15, 0.2) is 42.7 Å². The molecule has 3 aromatic rings. The summed E-state index contributed by atoms with van der Waals surface area (Å²) >= 11 is 0. The molecule has 0 aliphatic rings. The van der Waals surface area contributed by atoms with E-state index in [0.29, 0.717) is 0 Å². The number of rotatable bonds is 2. The summed E-state index contributed by atoms with van der Waals surface area (Å²) in [7, 11) is 1.87. The molecule has 0 aliphatic carbocycles. The molecule has 3 rings (SSSR count). The van der Waals surface area contributed by atoms with E-state index in [9.17, 15) is 0 Å². The van der Waals surface area contributed by atoms with Crippen molar-refractivity contribution < 1.29 is 0 Å². The van der Waals surface area contributed by atoms with Gasteiger partial charge in [0.1, 0.15) is 5.82 Å². The molecular formula is C13H12N4. The van der Waals surface area contributed by atoms with Crippen LogP contribution in [0.25, 0.3) is 22.0 Å². The van der Waals surface area contributed by atoms with Gasteiger partial charge in [-0.3, -0.25) is 5.10 Å². The van der Waals surface area contributed by atoms with E-state index in [2.05, 4.69) is 26.6 Å². The summed E-state index contributed by atoms with van der Waals surface area (Å²) in [5, 5.41) is 11.2. The lowest BCUT2D eigenvalue weighted by Crippen LogP contribution is -1.91. The van der Waals surface area contributed by atoms with Crippen LogP contribution in [0.2, 0.25) is 0 Å². The third kappa shape index (κ3) is 1.63. The number of aromatic nitrogens is 3.